The Morgan fingerprint density at radius 3 is 2.55 bits per heavy atom. The Bertz CT molecular complexity index is 705. The zero-order valence-electron chi connectivity index (χ0n) is 12.9. The number of nitrogens with two attached hydrogens (primary N) is 1. The number of nitrogens with one attached hydrogen (secondary N) is 1. The van der Waals surface area contributed by atoms with Crippen LogP contribution in [0.4, 0.5) is 5.69 Å². The third kappa shape index (κ3) is 3.43. The van der Waals surface area contributed by atoms with Crippen molar-refractivity contribution >= 4 is 11.6 Å². The van der Waals surface area contributed by atoms with Gasteiger partial charge in [0.1, 0.15) is 6.04 Å². The predicted molar refractivity (Wildman–Crippen MR) is 87.7 cm³/mol. The zero-order chi connectivity index (χ0) is 16.1. The number of anilines is 1. The van der Waals surface area contributed by atoms with Crippen LogP contribution in [0.25, 0.3) is 0 Å². The Labute approximate surface area is 129 Å². The van der Waals surface area contributed by atoms with E-state index in [-0.39, 0.29) is 11.5 Å². The van der Waals surface area contributed by atoms with E-state index in [1.54, 1.807) is 25.3 Å². The molecule has 0 spiro atoms. The second kappa shape index (κ2) is 7.04. The molecule has 0 saturated heterocycles. The molecule has 0 aliphatic carbocycles. The van der Waals surface area contributed by atoms with Gasteiger partial charge in [0.25, 0.3) is 5.56 Å². The Balaban J connectivity index is 2.21. The molecule has 22 heavy (non-hydrogen) atoms. The molecular weight excluding hydrogens is 278 g/mol. The van der Waals surface area contributed by atoms with Crippen molar-refractivity contribution in [3.63, 3.8) is 0 Å². The molecule has 1 aromatic carbocycles. The van der Waals surface area contributed by atoms with Crippen molar-refractivity contribution in [1.82, 2.24) is 4.57 Å². The largest absolute Gasteiger partial charge is 0.326 e. The lowest BCUT2D eigenvalue weighted by molar-refractivity contribution is -0.119. The highest BCUT2D eigenvalue weighted by Gasteiger charge is 2.19. The lowest BCUT2D eigenvalue weighted by Crippen LogP contribution is -2.33. The number of rotatable bonds is 5. The number of hydrogen-bond donors (Lipinski definition) is 2. The summed E-state index contributed by atoms with van der Waals surface area (Å²) in [7, 11) is 0. The predicted octanol–water partition coefficient (Wildman–Crippen LogP) is 2.21. The maximum atomic E-state index is 12.5. The topological polar surface area (TPSA) is 77.1 Å². The minimum Gasteiger partial charge on any atom is -0.326 e. The van der Waals surface area contributed by atoms with Gasteiger partial charge >= 0.3 is 0 Å². The lowest BCUT2D eigenvalue weighted by atomic mass is 10.1. The molecule has 3 N–H and O–H groups in total. The molecule has 0 aliphatic rings. The number of aromatic nitrogens is 1. The quantitative estimate of drug-likeness (QED) is 0.888. The molecule has 1 atom stereocenters. The smallest absolute Gasteiger partial charge is 0.254 e. The maximum Gasteiger partial charge on any atom is 0.254 e. The summed E-state index contributed by atoms with van der Waals surface area (Å²) in [5.74, 6) is -0.198. The number of nitrogens with zero attached hydrogens (tertiary/aromatic N) is 1. The first-order valence-electron chi connectivity index (χ1n) is 7.34. The molecule has 0 bridgehead atoms. The van der Waals surface area contributed by atoms with E-state index < -0.39 is 6.04 Å². The minimum absolute atomic E-state index is 0.136. The second-order valence-corrected chi connectivity index (χ2v) is 5.22. The first-order chi connectivity index (χ1) is 10.6. The lowest BCUT2D eigenvalue weighted by Gasteiger charge is -2.18. The fourth-order valence-electron chi connectivity index (χ4n) is 2.33. The summed E-state index contributed by atoms with van der Waals surface area (Å²) < 4.78 is 1.49. The summed E-state index contributed by atoms with van der Waals surface area (Å²) in [6.07, 6.45) is 2.19. The van der Waals surface area contributed by atoms with Crippen molar-refractivity contribution in [2.75, 3.05) is 5.32 Å². The van der Waals surface area contributed by atoms with Crippen LogP contribution >= 0.6 is 0 Å². The van der Waals surface area contributed by atoms with Gasteiger partial charge in [0, 0.05) is 24.0 Å². The fraction of sp³-hybridized carbons (Fsp3) is 0.294. The SMILES string of the molecule is CCC(C(=O)Nc1ccc(CN)cc1)n1cccc(C)c1=O. The average molecular weight is 299 g/mol. The van der Waals surface area contributed by atoms with Gasteiger partial charge in [-0.1, -0.05) is 25.1 Å². The second-order valence-electron chi connectivity index (χ2n) is 5.22. The van der Waals surface area contributed by atoms with Gasteiger partial charge in [-0.25, -0.2) is 0 Å². The van der Waals surface area contributed by atoms with Gasteiger partial charge < -0.3 is 15.6 Å². The molecule has 0 radical (unpaired) electrons. The number of hydrogen-bond acceptors (Lipinski definition) is 3. The molecule has 2 aromatic rings. The normalized spacial score (nSPS) is 12.0. The summed E-state index contributed by atoms with van der Waals surface area (Å²) in [5, 5.41) is 2.85. The maximum absolute atomic E-state index is 12.5. The highest BCUT2D eigenvalue weighted by atomic mass is 16.2. The molecule has 0 saturated carbocycles. The molecule has 0 fully saturated rings. The summed E-state index contributed by atoms with van der Waals surface area (Å²) in [6.45, 7) is 4.09. The number of benzene rings is 1. The van der Waals surface area contributed by atoms with E-state index in [1.807, 2.05) is 31.2 Å². The number of pyridine rings is 1. The van der Waals surface area contributed by atoms with E-state index in [0.29, 0.717) is 24.2 Å². The molecule has 1 unspecified atom stereocenters. The van der Waals surface area contributed by atoms with E-state index in [2.05, 4.69) is 5.32 Å². The summed E-state index contributed by atoms with van der Waals surface area (Å²) >= 11 is 0. The monoisotopic (exact) mass is 299 g/mol. The van der Waals surface area contributed by atoms with Crippen LogP contribution in [0.2, 0.25) is 0 Å². The molecule has 1 heterocycles. The van der Waals surface area contributed by atoms with Gasteiger partial charge in [0.15, 0.2) is 0 Å². The Morgan fingerprint density at radius 1 is 1.27 bits per heavy atom. The van der Waals surface area contributed by atoms with Crippen molar-refractivity contribution in [1.29, 1.82) is 0 Å². The van der Waals surface area contributed by atoms with Crippen molar-refractivity contribution < 1.29 is 4.79 Å². The highest BCUT2D eigenvalue weighted by Crippen LogP contribution is 2.15. The van der Waals surface area contributed by atoms with Gasteiger partial charge in [-0.2, -0.15) is 0 Å². The summed E-state index contributed by atoms with van der Waals surface area (Å²) in [5.41, 5.74) is 7.74. The fourth-order valence-corrected chi connectivity index (χ4v) is 2.33. The number of carbonyl (C=O) groups is 1. The molecule has 0 aliphatic heterocycles. The van der Waals surface area contributed by atoms with Crippen LogP contribution in [-0.4, -0.2) is 10.5 Å². The Kier molecular flexibility index (Phi) is 5.12. The van der Waals surface area contributed by atoms with Crippen LogP contribution in [-0.2, 0) is 11.3 Å². The van der Waals surface area contributed by atoms with E-state index in [4.69, 9.17) is 5.73 Å². The van der Waals surface area contributed by atoms with Crippen LogP contribution in [0.5, 0.6) is 0 Å². The molecule has 2 rings (SSSR count). The number of amides is 1. The molecule has 5 nitrogen and oxygen atoms in total. The van der Waals surface area contributed by atoms with Crippen LogP contribution in [0, 0.1) is 6.92 Å². The third-order valence-electron chi connectivity index (χ3n) is 3.65. The van der Waals surface area contributed by atoms with Gasteiger partial charge in [0.05, 0.1) is 0 Å². The molecule has 1 aromatic heterocycles. The zero-order valence-corrected chi connectivity index (χ0v) is 12.9. The highest BCUT2D eigenvalue weighted by molar-refractivity contribution is 5.93. The van der Waals surface area contributed by atoms with E-state index in [0.717, 1.165) is 5.56 Å². The van der Waals surface area contributed by atoms with E-state index in [1.165, 1.54) is 4.57 Å². The van der Waals surface area contributed by atoms with E-state index >= 15 is 0 Å². The van der Waals surface area contributed by atoms with Crippen molar-refractivity contribution in [2.24, 2.45) is 5.73 Å². The first-order valence-corrected chi connectivity index (χ1v) is 7.34. The Morgan fingerprint density at radius 2 is 1.95 bits per heavy atom. The van der Waals surface area contributed by atoms with Gasteiger partial charge in [-0.15, -0.1) is 0 Å². The van der Waals surface area contributed by atoms with Crippen LogP contribution < -0.4 is 16.6 Å². The third-order valence-corrected chi connectivity index (χ3v) is 3.65. The number of aryl methyl sites for hydroxylation is 1. The molecule has 116 valence electrons. The van der Waals surface area contributed by atoms with Gasteiger partial charge in [0.2, 0.25) is 5.91 Å². The molecule has 1 amide bonds. The minimum atomic E-state index is -0.526. The van der Waals surface area contributed by atoms with Crippen LogP contribution in [0.3, 0.4) is 0 Å². The number of carbonyl (C=O) groups excluding carboxylic acids is 1. The first kappa shape index (κ1) is 16.0. The standard InChI is InChI=1S/C17H21N3O2/c1-3-15(20-10-4-5-12(2)17(20)22)16(21)19-14-8-6-13(11-18)7-9-14/h4-10,15H,3,11,18H2,1-2H3,(H,19,21). The van der Waals surface area contributed by atoms with Crippen molar-refractivity contribution in [2.45, 2.75) is 32.9 Å². The average Bonchev–Trinajstić information content (AvgIpc) is 2.53. The Hall–Kier alpha value is -2.40. The van der Waals surface area contributed by atoms with Crippen LogP contribution in [0.1, 0.15) is 30.5 Å². The van der Waals surface area contributed by atoms with Gasteiger partial charge in [-0.3, -0.25) is 9.59 Å². The van der Waals surface area contributed by atoms with Crippen molar-refractivity contribution in [3.8, 4) is 0 Å². The van der Waals surface area contributed by atoms with Crippen molar-refractivity contribution in [3.05, 3.63) is 64.1 Å². The van der Waals surface area contributed by atoms with Gasteiger partial charge in [-0.05, 0) is 37.1 Å². The summed E-state index contributed by atoms with van der Waals surface area (Å²) in [4.78, 5) is 24.6. The van der Waals surface area contributed by atoms with Crippen LogP contribution in [0.15, 0.2) is 47.4 Å². The van der Waals surface area contributed by atoms with E-state index in [9.17, 15) is 9.59 Å². The molecular formula is C17H21N3O2. The summed E-state index contributed by atoms with van der Waals surface area (Å²) in [6, 6.07) is 10.4. The molecule has 5 heteroatoms.